The van der Waals surface area contributed by atoms with Crippen molar-refractivity contribution in [3.8, 4) is 5.88 Å². The molecule has 10 heavy (non-hydrogen) atoms. The molecular formula is C7H7NOS. The monoisotopic (exact) mass is 153 g/mol. The molecule has 0 saturated carbocycles. The van der Waals surface area contributed by atoms with E-state index in [9.17, 15) is 0 Å². The fourth-order valence-electron chi connectivity index (χ4n) is 0.610. The van der Waals surface area contributed by atoms with Crippen LogP contribution in [0.3, 0.4) is 0 Å². The summed E-state index contributed by atoms with van der Waals surface area (Å²) in [6.45, 7) is 0. The summed E-state index contributed by atoms with van der Waals surface area (Å²) in [5.74, 6) is 0.596. The maximum absolute atomic E-state index is 4.88. The van der Waals surface area contributed by atoms with Crippen LogP contribution in [0.5, 0.6) is 5.88 Å². The molecule has 1 heterocycles. The summed E-state index contributed by atoms with van der Waals surface area (Å²) in [5, 5.41) is 1.52. The van der Waals surface area contributed by atoms with Gasteiger partial charge in [0.05, 0.1) is 12.8 Å². The average Bonchev–Trinajstić information content (AvgIpc) is 2.05. The van der Waals surface area contributed by atoms with E-state index in [0.29, 0.717) is 5.88 Å². The number of hydrogen-bond acceptors (Lipinski definition) is 3. The van der Waals surface area contributed by atoms with Crippen LogP contribution in [0.1, 0.15) is 5.69 Å². The Morgan fingerprint density at radius 3 is 3.00 bits per heavy atom. The first-order valence-corrected chi connectivity index (χ1v) is 3.30. The van der Waals surface area contributed by atoms with Crippen LogP contribution in [-0.4, -0.2) is 17.5 Å². The van der Waals surface area contributed by atoms with Crippen molar-refractivity contribution in [3.05, 3.63) is 23.9 Å². The van der Waals surface area contributed by atoms with Crippen LogP contribution in [0, 0.1) is 0 Å². The van der Waals surface area contributed by atoms with Crippen LogP contribution in [0.4, 0.5) is 0 Å². The molecule has 0 aromatic carbocycles. The second-order valence-electron chi connectivity index (χ2n) is 1.72. The molecule has 0 aliphatic carbocycles. The molecule has 0 amide bonds. The fourth-order valence-corrected chi connectivity index (χ4v) is 0.741. The predicted molar refractivity (Wildman–Crippen MR) is 43.5 cm³/mol. The third-order valence-electron chi connectivity index (χ3n) is 1.07. The molecule has 1 rings (SSSR count). The summed E-state index contributed by atoms with van der Waals surface area (Å²) >= 11 is 4.68. The SMILES string of the molecule is COc1cccc(C=S)n1. The molecule has 52 valence electrons. The molecule has 0 atom stereocenters. The van der Waals surface area contributed by atoms with Crippen molar-refractivity contribution < 1.29 is 4.74 Å². The standard InChI is InChI=1S/C7H7NOS/c1-9-7-4-2-3-6(5-10)8-7/h2-5H,1H3. The van der Waals surface area contributed by atoms with E-state index in [1.807, 2.05) is 12.1 Å². The van der Waals surface area contributed by atoms with Crippen molar-refractivity contribution in [2.24, 2.45) is 0 Å². The number of rotatable bonds is 2. The molecule has 0 unspecified atom stereocenters. The maximum Gasteiger partial charge on any atom is 0.213 e. The molecular weight excluding hydrogens is 146 g/mol. The predicted octanol–water partition coefficient (Wildman–Crippen LogP) is 1.44. The second-order valence-corrected chi connectivity index (χ2v) is 1.96. The Balaban J connectivity index is 2.98. The average molecular weight is 153 g/mol. The molecule has 0 radical (unpaired) electrons. The molecule has 0 spiro atoms. The summed E-state index contributed by atoms with van der Waals surface area (Å²) < 4.78 is 4.88. The number of ether oxygens (including phenoxy) is 1. The highest BCUT2D eigenvalue weighted by atomic mass is 32.1. The molecule has 0 aliphatic rings. The maximum atomic E-state index is 4.88. The molecule has 0 N–H and O–H groups in total. The lowest BCUT2D eigenvalue weighted by atomic mass is 10.4. The number of nitrogens with zero attached hydrogens (tertiary/aromatic N) is 1. The van der Waals surface area contributed by atoms with Gasteiger partial charge in [-0.3, -0.25) is 0 Å². The van der Waals surface area contributed by atoms with Crippen LogP contribution >= 0.6 is 12.2 Å². The van der Waals surface area contributed by atoms with E-state index in [2.05, 4.69) is 17.2 Å². The fraction of sp³-hybridized carbons (Fsp3) is 0.143. The third-order valence-corrected chi connectivity index (χ3v) is 1.32. The molecule has 0 saturated heterocycles. The topological polar surface area (TPSA) is 22.1 Å². The Hall–Kier alpha value is -0.960. The Morgan fingerprint density at radius 1 is 1.60 bits per heavy atom. The van der Waals surface area contributed by atoms with Gasteiger partial charge in [0.2, 0.25) is 5.88 Å². The van der Waals surface area contributed by atoms with Gasteiger partial charge in [0.15, 0.2) is 0 Å². The normalized spacial score (nSPS) is 8.90. The summed E-state index contributed by atoms with van der Waals surface area (Å²) in [5.41, 5.74) is 0.759. The Bertz CT molecular complexity index is 237. The number of thiocarbonyl (C=S) groups is 1. The molecule has 1 aromatic heterocycles. The van der Waals surface area contributed by atoms with Crippen molar-refractivity contribution in [2.45, 2.75) is 0 Å². The van der Waals surface area contributed by atoms with Crippen molar-refractivity contribution in [1.29, 1.82) is 0 Å². The van der Waals surface area contributed by atoms with Gasteiger partial charge in [0.25, 0.3) is 0 Å². The van der Waals surface area contributed by atoms with E-state index in [1.54, 1.807) is 13.2 Å². The van der Waals surface area contributed by atoms with E-state index in [-0.39, 0.29) is 0 Å². The smallest absolute Gasteiger partial charge is 0.213 e. The number of hydrogen-bond donors (Lipinski definition) is 0. The van der Waals surface area contributed by atoms with Crippen LogP contribution in [0.2, 0.25) is 0 Å². The van der Waals surface area contributed by atoms with Gasteiger partial charge in [-0.25, -0.2) is 4.98 Å². The van der Waals surface area contributed by atoms with E-state index >= 15 is 0 Å². The molecule has 0 fully saturated rings. The van der Waals surface area contributed by atoms with E-state index in [1.165, 1.54) is 5.37 Å². The Kier molecular flexibility index (Phi) is 2.34. The van der Waals surface area contributed by atoms with Gasteiger partial charge in [-0.2, -0.15) is 0 Å². The van der Waals surface area contributed by atoms with Gasteiger partial charge in [0.1, 0.15) is 0 Å². The van der Waals surface area contributed by atoms with Gasteiger partial charge in [-0.05, 0) is 6.07 Å². The zero-order chi connectivity index (χ0) is 7.40. The first kappa shape index (κ1) is 7.15. The lowest BCUT2D eigenvalue weighted by Crippen LogP contribution is -1.90. The van der Waals surface area contributed by atoms with Crippen molar-refractivity contribution in [2.75, 3.05) is 7.11 Å². The Morgan fingerprint density at radius 2 is 2.40 bits per heavy atom. The highest BCUT2D eigenvalue weighted by Gasteiger charge is 1.91. The quantitative estimate of drug-likeness (QED) is 0.600. The summed E-state index contributed by atoms with van der Waals surface area (Å²) in [4.78, 5) is 4.03. The number of methoxy groups -OCH3 is 1. The summed E-state index contributed by atoms with van der Waals surface area (Å²) in [6, 6.07) is 5.46. The van der Waals surface area contributed by atoms with Gasteiger partial charge in [-0.15, -0.1) is 0 Å². The van der Waals surface area contributed by atoms with Crippen LogP contribution in [0.15, 0.2) is 18.2 Å². The highest BCUT2D eigenvalue weighted by molar-refractivity contribution is 7.79. The van der Waals surface area contributed by atoms with Crippen LogP contribution in [-0.2, 0) is 0 Å². The number of pyridine rings is 1. The lowest BCUT2D eigenvalue weighted by molar-refractivity contribution is 0.398. The summed E-state index contributed by atoms with van der Waals surface area (Å²) in [7, 11) is 1.58. The molecule has 3 heteroatoms. The first-order chi connectivity index (χ1) is 4.86. The van der Waals surface area contributed by atoms with Gasteiger partial charge >= 0.3 is 0 Å². The minimum absolute atomic E-state index is 0.596. The van der Waals surface area contributed by atoms with Crippen molar-refractivity contribution in [3.63, 3.8) is 0 Å². The minimum Gasteiger partial charge on any atom is -0.481 e. The molecule has 1 aromatic rings. The van der Waals surface area contributed by atoms with Gasteiger partial charge in [0, 0.05) is 11.4 Å². The minimum atomic E-state index is 0.596. The lowest BCUT2D eigenvalue weighted by Gasteiger charge is -1.96. The Labute approximate surface area is 64.9 Å². The largest absolute Gasteiger partial charge is 0.481 e. The second kappa shape index (κ2) is 3.27. The van der Waals surface area contributed by atoms with E-state index in [0.717, 1.165) is 5.69 Å². The zero-order valence-corrected chi connectivity index (χ0v) is 6.39. The number of aromatic nitrogens is 1. The van der Waals surface area contributed by atoms with Crippen molar-refractivity contribution in [1.82, 2.24) is 4.98 Å². The molecule has 2 nitrogen and oxygen atoms in total. The first-order valence-electron chi connectivity index (χ1n) is 2.83. The third kappa shape index (κ3) is 1.51. The van der Waals surface area contributed by atoms with E-state index in [4.69, 9.17) is 4.74 Å². The zero-order valence-electron chi connectivity index (χ0n) is 5.57. The summed E-state index contributed by atoms with van der Waals surface area (Å²) in [6.07, 6.45) is 0. The van der Waals surface area contributed by atoms with E-state index < -0.39 is 0 Å². The highest BCUT2D eigenvalue weighted by Crippen LogP contribution is 2.04. The van der Waals surface area contributed by atoms with Gasteiger partial charge < -0.3 is 4.74 Å². The van der Waals surface area contributed by atoms with Gasteiger partial charge in [-0.1, -0.05) is 18.3 Å². The van der Waals surface area contributed by atoms with Crippen molar-refractivity contribution >= 4 is 17.6 Å². The van der Waals surface area contributed by atoms with Crippen LogP contribution in [0.25, 0.3) is 0 Å². The van der Waals surface area contributed by atoms with Crippen LogP contribution < -0.4 is 4.74 Å². The molecule has 0 aliphatic heterocycles. The molecule has 0 bridgehead atoms.